The van der Waals surface area contributed by atoms with Gasteiger partial charge in [-0.25, -0.2) is 9.59 Å². The van der Waals surface area contributed by atoms with Gasteiger partial charge in [0.2, 0.25) is 0 Å². The molecule has 1 rings (SSSR count). The maximum Gasteiger partial charge on any atom is 0.320 e. The van der Waals surface area contributed by atoms with Crippen molar-refractivity contribution < 1.29 is 14.3 Å². The molecule has 3 unspecified atom stereocenters. The van der Waals surface area contributed by atoms with Crippen molar-refractivity contribution in [2.75, 3.05) is 41.5 Å². The molecule has 1 heterocycles. The van der Waals surface area contributed by atoms with E-state index in [0.29, 0.717) is 13.3 Å². The molecule has 116 valence electrons. The number of nitrogens with one attached hydrogen (secondary N) is 1. The van der Waals surface area contributed by atoms with E-state index >= 15 is 0 Å². The highest BCUT2D eigenvalue weighted by Gasteiger charge is 2.43. The van der Waals surface area contributed by atoms with E-state index in [1.807, 2.05) is 6.92 Å². The monoisotopic (exact) mass is 287 g/mol. The summed E-state index contributed by atoms with van der Waals surface area (Å²) in [5.41, 5.74) is 5.35. The predicted molar refractivity (Wildman–Crippen MR) is 75.2 cm³/mol. The molecule has 0 aliphatic carbocycles. The van der Waals surface area contributed by atoms with Crippen molar-refractivity contribution in [1.82, 2.24) is 20.0 Å². The first-order chi connectivity index (χ1) is 9.31. The number of primary amides is 1. The third-order valence-corrected chi connectivity index (χ3v) is 3.48. The number of nitrogens with two attached hydrogens (primary N) is 1. The van der Waals surface area contributed by atoms with Gasteiger partial charge in [0.25, 0.3) is 0 Å². The van der Waals surface area contributed by atoms with Crippen LogP contribution < -0.4 is 11.1 Å². The first-order valence-corrected chi connectivity index (χ1v) is 6.57. The highest BCUT2D eigenvalue weighted by molar-refractivity contribution is 5.75. The van der Waals surface area contributed by atoms with Gasteiger partial charge in [0, 0.05) is 21.1 Å². The molecule has 0 saturated carbocycles. The lowest BCUT2D eigenvalue weighted by Crippen LogP contribution is -2.59. The predicted octanol–water partition coefficient (Wildman–Crippen LogP) is -0.687. The van der Waals surface area contributed by atoms with Crippen molar-refractivity contribution in [2.45, 2.75) is 25.1 Å². The summed E-state index contributed by atoms with van der Waals surface area (Å²) in [6, 6.07) is -1.14. The minimum Gasteiger partial charge on any atom is -0.371 e. The Morgan fingerprint density at radius 1 is 1.40 bits per heavy atom. The van der Waals surface area contributed by atoms with Crippen LogP contribution >= 0.6 is 0 Å². The maximum absolute atomic E-state index is 12.3. The second-order valence-corrected chi connectivity index (χ2v) is 5.21. The second kappa shape index (κ2) is 6.76. The third kappa shape index (κ3) is 3.73. The van der Waals surface area contributed by atoms with Crippen molar-refractivity contribution in [1.29, 1.82) is 0 Å². The zero-order valence-electron chi connectivity index (χ0n) is 12.8. The van der Waals surface area contributed by atoms with Gasteiger partial charge >= 0.3 is 12.1 Å². The quantitative estimate of drug-likeness (QED) is 0.499. The Kier molecular flexibility index (Phi) is 5.58. The summed E-state index contributed by atoms with van der Waals surface area (Å²) in [6.07, 6.45) is -0.0724. The van der Waals surface area contributed by atoms with Gasteiger partial charge in [-0.3, -0.25) is 0 Å². The van der Waals surface area contributed by atoms with Crippen LogP contribution in [-0.4, -0.2) is 86.4 Å². The van der Waals surface area contributed by atoms with Gasteiger partial charge in [0.1, 0.15) is 6.10 Å². The van der Waals surface area contributed by atoms with Crippen LogP contribution in [0, 0.1) is 0 Å². The molecule has 3 N–H and O–H groups in total. The SMILES string of the molecule is CNCN(C(=O)N(C)C)C(C)C(C1CO1)N(C)C(N)=O. The molecule has 0 radical (unpaired) electrons. The molecule has 3 atom stereocenters. The van der Waals surface area contributed by atoms with Crippen LogP contribution in [0.3, 0.4) is 0 Å². The number of hydrogen-bond acceptors (Lipinski definition) is 4. The Morgan fingerprint density at radius 3 is 2.30 bits per heavy atom. The molecule has 1 aliphatic rings. The molecular formula is C12H25N5O3. The zero-order valence-corrected chi connectivity index (χ0v) is 12.8. The summed E-state index contributed by atoms with van der Waals surface area (Å²) < 4.78 is 5.31. The van der Waals surface area contributed by atoms with Crippen molar-refractivity contribution in [3.63, 3.8) is 0 Å². The highest BCUT2D eigenvalue weighted by Crippen LogP contribution is 2.24. The fourth-order valence-corrected chi connectivity index (χ4v) is 2.28. The number of hydrogen-bond donors (Lipinski definition) is 2. The van der Waals surface area contributed by atoms with Gasteiger partial charge in [-0.2, -0.15) is 0 Å². The normalized spacial score (nSPS) is 19.9. The minimum absolute atomic E-state index is 0.0724. The van der Waals surface area contributed by atoms with E-state index in [1.54, 1.807) is 33.1 Å². The average Bonchev–Trinajstić information content (AvgIpc) is 3.19. The van der Waals surface area contributed by atoms with Crippen molar-refractivity contribution in [3.8, 4) is 0 Å². The van der Waals surface area contributed by atoms with E-state index < -0.39 is 6.03 Å². The molecule has 1 saturated heterocycles. The van der Waals surface area contributed by atoms with Crippen LogP contribution in [0.2, 0.25) is 0 Å². The molecule has 0 aromatic heterocycles. The van der Waals surface area contributed by atoms with Gasteiger partial charge < -0.3 is 30.5 Å². The van der Waals surface area contributed by atoms with Gasteiger partial charge in [-0.05, 0) is 14.0 Å². The van der Waals surface area contributed by atoms with E-state index in [9.17, 15) is 9.59 Å². The Bertz CT molecular complexity index is 359. The van der Waals surface area contributed by atoms with Gasteiger partial charge in [-0.15, -0.1) is 0 Å². The molecule has 0 spiro atoms. The maximum atomic E-state index is 12.3. The van der Waals surface area contributed by atoms with Crippen LogP contribution in [-0.2, 0) is 4.74 Å². The van der Waals surface area contributed by atoms with Gasteiger partial charge in [0.15, 0.2) is 0 Å². The fraction of sp³-hybridized carbons (Fsp3) is 0.833. The molecule has 4 amide bonds. The number of likely N-dealkylation sites (N-methyl/N-ethyl adjacent to an activating group) is 1. The third-order valence-electron chi connectivity index (χ3n) is 3.48. The lowest BCUT2D eigenvalue weighted by Gasteiger charge is -2.38. The summed E-state index contributed by atoms with van der Waals surface area (Å²) in [5.74, 6) is 0. The molecule has 1 fully saturated rings. The number of epoxide rings is 1. The van der Waals surface area contributed by atoms with Crippen LogP contribution in [0.4, 0.5) is 9.59 Å². The molecule has 8 heteroatoms. The topological polar surface area (TPSA) is 94.4 Å². The number of nitrogens with zero attached hydrogens (tertiary/aromatic N) is 3. The number of carbonyl (C=O) groups is 2. The summed E-state index contributed by atoms with van der Waals surface area (Å²) in [7, 11) is 6.78. The second-order valence-electron chi connectivity index (χ2n) is 5.21. The minimum atomic E-state index is -0.529. The Hall–Kier alpha value is -1.54. The molecular weight excluding hydrogens is 262 g/mol. The zero-order chi connectivity index (χ0) is 15.4. The van der Waals surface area contributed by atoms with E-state index in [4.69, 9.17) is 10.5 Å². The lowest BCUT2D eigenvalue weighted by molar-refractivity contribution is 0.0966. The molecule has 8 nitrogen and oxygen atoms in total. The standard InChI is InChI=1S/C12H25N5O3/c1-8(17(7-14-2)12(19)15(3)4)10(9-6-20-9)16(5)11(13)18/h8-10,14H,6-7H2,1-5H3,(H2,13,18). The van der Waals surface area contributed by atoms with Crippen LogP contribution in [0.1, 0.15) is 6.92 Å². The fourth-order valence-electron chi connectivity index (χ4n) is 2.28. The Balaban J connectivity index is 2.91. The number of amides is 4. The molecule has 1 aliphatic heterocycles. The number of rotatable bonds is 6. The summed E-state index contributed by atoms with van der Waals surface area (Å²) in [6.45, 7) is 2.86. The molecule has 20 heavy (non-hydrogen) atoms. The number of ether oxygens (including phenoxy) is 1. The molecule has 0 aromatic rings. The Labute approximate surface area is 119 Å². The smallest absolute Gasteiger partial charge is 0.320 e. The number of urea groups is 2. The van der Waals surface area contributed by atoms with Crippen molar-refractivity contribution >= 4 is 12.1 Å². The van der Waals surface area contributed by atoms with Gasteiger partial charge in [0.05, 0.1) is 25.4 Å². The first kappa shape index (κ1) is 16.5. The summed E-state index contributed by atoms with van der Waals surface area (Å²) in [5, 5.41) is 2.97. The highest BCUT2D eigenvalue weighted by atomic mass is 16.6. The van der Waals surface area contributed by atoms with E-state index in [-0.39, 0.29) is 24.2 Å². The Morgan fingerprint density at radius 2 is 1.95 bits per heavy atom. The lowest BCUT2D eigenvalue weighted by atomic mass is 10.0. The average molecular weight is 287 g/mol. The summed E-state index contributed by atoms with van der Waals surface area (Å²) >= 11 is 0. The van der Waals surface area contributed by atoms with Crippen LogP contribution in [0.5, 0.6) is 0 Å². The largest absolute Gasteiger partial charge is 0.371 e. The van der Waals surface area contributed by atoms with Gasteiger partial charge in [-0.1, -0.05) is 0 Å². The molecule has 0 aromatic carbocycles. The van der Waals surface area contributed by atoms with E-state index in [1.165, 1.54) is 9.80 Å². The van der Waals surface area contributed by atoms with Crippen LogP contribution in [0.25, 0.3) is 0 Å². The summed E-state index contributed by atoms with van der Waals surface area (Å²) in [4.78, 5) is 28.3. The van der Waals surface area contributed by atoms with E-state index in [0.717, 1.165) is 0 Å². The molecule has 0 bridgehead atoms. The van der Waals surface area contributed by atoms with Crippen molar-refractivity contribution in [3.05, 3.63) is 0 Å². The van der Waals surface area contributed by atoms with Crippen molar-refractivity contribution in [2.24, 2.45) is 5.73 Å². The van der Waals surface area contributed by atoms with Crippen LogP contribution in [0.15, 0.2) is 0 Å². The first-order valence-electron chi connectivity index (χ1n) is 6.57. The number of carbonyl (C=O) groups excluding carboxylic acids is 2. The van der Waals surface area contributed by atoms with E-state index in [2.05, 4.69) is 5.32 Å².